The van der Waals surface area contributed by atoms with E-state index in [1.807, 2.05) is 47.0 Å². The number of thioether (sulfide) groups is 1. The highest BCUT2D eigenvalue weighted by Gasteiger charge is 2.16. The zero-order chi connectivity index (χ0) is 18.2. The van der Waals surface area contributed by atoms with Gasteiger partial charge in [-0.25, -0.2) is 4.98 Å². The van der Waals surface area contributed by atoms with Crippen molar-refractivity contribution < 1.29 is 4.74 Å². The summed E-state index contributed by atoms with van der Waals surface area (Å²) < 4.78 is 9.47. The Morgan fingerprint density at radius 3 is 2.78 bits per heavy atom. The number of benzene rings is 2. The zero-order valence-corrected chi connectivity index (χ0v) is 16.6. The second-order valence-electron chi connectivity index (χ2n) is 5.65. The lowest BCUT2D eigenvalue weighted by Crippen LogP contribution is -1.94. The van der Waals surface area contributed by atoms with Crippen molar-refractivity contribution in [2.75, 3.05) is 7.11 Å². The van der Waals surface area contributed by atoms with Crippen molar-refractivity contribution in [2.24, 2.45) is 0 Å². The Morgan fingerprint density at radius 1 is 1.04 bits per heavy atom. The van der Waals surface area contributed by atoms with Crippen LogP contribution in [-0.2, 0) is 5.75 Å². The molecule has 27 heavy (non-hydrogen) atoms. The van der Waals surface area contributed by atoms with Crippen LogP contribution < -0.4 is 4.74 Å². The largest absolute Gasteiger partial charge is 0.496 e. The van der Waals surface area contributed by atoms with Crippen LogP contribution in [0.25, 0.3) is 25.7 Å². The molecule has 134 valence electrons. The fraction of sp³-hybridized carbons (Fsp3) is 0.111. The molecule has 0 saturated heterocycles. The standard InChI is InChI=1S/C18H13N5OS3/c1-24-13-8-4-2-6-11(13)16-22-23-15(20-21-17(23)27-16)10-25-18-19-12-7-3-5-9-14(12)26-18/h2-9H,10H2,1H3. The number of nitrogens with zero attached hydrogens (tertiary/aromatic N) is 5. The third kappa shape index (κ3) is 3.07. The summed E-state index contributed by atoms with van der Waals surface area (Å²) in [6.45, 7) is 0. The van der Waals surface area contributed by atoms with E-state index in [0.717, 1.165) is 37.0 Å². The maximum absolute atomic E-state index is 5.45. The molecule has 0 aliphatic rings. The van der Waals surface area contributed by atoms with Crippen LogP contribution in [0.2, 0.25) is 0 Å². The molecule has 3 heterocycles. The Morgan fingerprint density at radius 2 is 1.89 bits per heavy atom. The molecule has 2 aromatic carbocycles. The van der Waals surface area contributed by atoms with Crippen LogP contribution in [0.3, 0.4) is 0 Å². The molecule has 0 aliphatic heterocycles. The van der Waals surface area contributed by atoms with Crippen molar-refractivity contribution in [3.63, 3.8) is 0 Å². The summed E-state index contributed by atoms with van der Waals surface area (Å²) in [7, 11) is 1.67. The lowest BCUT2D eigenvalue weighted by Gasteiger charge is -2.03. The van der Waals surface area contributed by atoms with Crippen molar-refractivity contribution in [3.8, 4) is 16.3 Å². The Balaban J connectivity index is 1.43. The van der Waals surface area contributed by atoms with Crippen molar-refractivity contribution in [3.05, 3.63) is 54.4 Å². The Hall–Kier alpha value is -2.49. The summed E-state index contributed by atoms with van der Waals surface area (Å²) in [5.74, 6) is 2.27. The van der Waals surface area contributed by atoms with Crippen molar-refractivity contribution in [1.82, 2.24) is 24.8 Å². The molecule has 0 unspecified atom stereocenters. The van der Waals surface area contributed by atoms with Gasteiger partial charge < -0.3 is 4.74 Å². The predicted molar refractivity (Wildman–Crippen MR) is 110 cm³/mol. The first-order valence-electron chi connectivity index (χ1n) is 8.15. The molecule has 5 rings (SSSR count). The third-order valence-electron chi connectivity index (χ3n) is 3.99. The van der Waals surface area contributed by atoms with E-state index < -0.39 is 0 Å². The van der Waals surface area contributed by atoms with Gasteiger partial charge in [0.15, 0.2) is 15.2 Å². The highest BCUT2D eigenvalue weighted by molar-refractivity contribution is 8.00. The highest BCUT2D eigenvalue weighted by Crippen LogP contribution is 2.34. The molecule has 0 spiro atoms. The molecule has 0 N–H and O–H groups in total. The van der Waals surface area contributed by atoms with E-state index >= 15 is 0 Å². The van der Waals surface area contributed by atoms with E-state index in [0.29, 0.717) is 5.75 Å². The molecular weight excluding hydrogens is 398 g/mol. The lowest BCUT2D eigenvalue weighted by atomic mass is 10.2. The molecule has 0 fully saturated rings. The number of thiazole rings is 1. The number of ether oxygens (including phenoxy) is 1. The van der Waals surface area contributed by atoms with E-state index in [1.54, 1.807) is 30.2 Å². The van der Waals surface area contributed by atoms with Crippen molar-refractivity contribution in [1.29, 1.82) is 0 Å². The molecule has 0 amide bonds. The van der Waals surface area contributed by atoms with Gasteiger partial charge in [0, 0.05) is 0 Å². The second-order valence-corrected chi connectivity index (χ2v) is 8.86. The third-order valence-corrected chi connectivity index (χ3v) is 7.10. The molecule has 5 aromatic rings. The molecule has 0 aliphatic carbocycles. The molecule has 0 bridgehead atoms. The van der Waals surface area contributed by atoms with Crippen LogP contribution in [0.4, 0.5) is 0 Å². The van der Waals surface area contributed by atoms with Gasteiger partial charge in [0.2, 0.25) is 4.96 Å². The van der Waals surface area contributed by atoms with Crippen molar-refractivity contribution in [2.45, 2.75) is 10.1 Å². The van der Waals surface area contributed by atoms with Gasteiger partial charge in [-0.2, -0.15) is 9.61 Å². The minimum atomic E-state index is 0.663. The van der Waals surface area contributed by atoms with E-state index in [4.69, 9.17) is 9.84 Å². The molecule has 9 heteroatoms. The normalized spacial score (nSPS) is 11.4. The number of para-hydroxylation sites is 2. The van der Waals surface area contributed by atoms with Crippen LogP contribution in [0.1, 0.15) is 5.82 Å². The SMILES string of the molecule is COc1ccccc1-c1nn2c(CSc3nc4ccccc4s3)nnc2s1. The van der Waals surface area contributed by atoms with Gasteiger partial charge in [-0.3, -0.25) is 0 Å². The monoisotopic (exact) mass is 411 g/mol. The second kappa shape index (κ2) is 6.91. The van der Waals surface area contributed by atoms with Gasteiger partial charge in [-0.1, -0.05) is 47.4 Å². The maximum Gasteiger partial charge on any atom is 0.235 e. The van der Waals surface area contributed by atoms with Gasteiger partial charge in [0.05, 0.1) is 28.6 Å². The summed E-state index contributed by atoms with van der Waals surface area (Å²) in [5, 5.41) is 14.1. The van der Waals surface area contributed by atoms with Crippen LogP contribution in [0, 0.1) is 0 Å². The van der Waals surface area contributed by atoms with Crippen LogP contribution in [0.15, 0.2) is 52.9 Å². The van der Waals surface area contributed by atoms with Gasteiger partial charge in [-0.15, -0.1) is 21.5 Å². The smallest absolute Gasteiger partial charge is 0.235 e. The summed E-state index contributed by atoms with van der Waals surface area (Å²) in [6.07, 6.45) is 0. The van der Waals surface area contributed by atoms with Crippen molar-refractivity contribution >= 4 is 49.6 Å². The number of fused-ring (bicyclic) bond motifs is 2. The number of hydrogen-bond donors (Lipinski definition) is 0. The van der Waals surface area contributed by atoms with Gasteiger partial charge in [0.1, 0.15) is 5.75 Å². The zero-order valence-electron chi connectivity index (χ0n) is 14.2. The topological polar surface area (TPSA) is 65.2 Å². The average Bonchev–Trinajstić information content (AvgIpc) is 3.40. The molecule has 0 radical (unpaired) electrons. The Labute approximate surface area is 166 Å². The summed E-state index contributed by atoms with van der Waals surface area (Å²) in [6, 6.07) is 16.0. The van der Waals surface area contributed by atoms with Crippen LogP contribution in [-0.4, -0.2) is 31.9 Å². The van der Waals surface area contributed by atoms with E-state index in [9.17, 15) is 0 Å². The molecule has 0 atom stereocenters. The molecular formula is C18H13N5OS3. The highest BCUT2D eigenvalue weighted by atomic mass is 32.2. The van der Waals surface area contributed by atoms with E-state index in [2.05, 4.69) is 21.2 Å². The first-order chi connectivity index (χ1) is 13.3. The van der Waals surface area contributed by atoms with E-state index in [1.165, 1.54) is 16.0 Å². The van der Waals surface area contributed by atoms with E-state index in [-0.39, 0.29) is 0 Å². The number of rotatable bonds is 5. The summed E-state index contributed by atoms with van der Waals surface area (Å²) >= 11 is 4.85. The van der Waals surface area contributed by atoms with Gasteiger partial charge in [0.25, 0.3) is 0 Å². The fourth-order valence-corrected chi connectivity index (χ4v) is 5.58. The minimum Gasteiger partial charge on any atom is -0.496 e. The fourth-order valence-electron chi connectivity index (χ4n) is 2.72. The van der Waals surface area contributed by atoms with Crippen LogP contribution in [0.5, 0.6) is 5.75 Å². The average molecular weight is 412 g/mol. The quantitative estimate of drug-likeness (QED) is 0.388. The summed E-state index contributed by atoms with van der Waals surface area (Å²) in [4.78, 5) is 5.43. The lowest BCUT2D eigenvalue weighted by molar-refractivity contribution is 0.416. The number of aromatic nitrogens is 5. The Kier molecular flexibility index (Phi) is 4.27. The minimum absolute atomic E-state index is 0.663. The molecule has 6 nitrogen and oxygen atoms in total. The Bertz CT molecular complexity index is 1210. The predicted octanol–water partition coefficient (Wildman–Crippen LogP) is 4.76. The van der Waals surface area contributed by atoms with Crippen LogP contribution >= 0.6 is 34.4 Å². The molecule has 3 aromatic heterocycles. The first-order valence-corrected chi connectivity index (χ1v) is 10.8. The van der Waals surface area contributed by atoms with Gasteiger partial charge in [-0.05, 0) is 24.3 Å². The van der Waals surface area contributed by atoms with Gasteiger partial charge >= 0.3 is 0 Å². The molecule has 0 saturated carbocycles. The summed E-state index contributed by atoms with van der Waals surface area (Å²) in [5.41, 5.74) is 1.99. The number of methoxy groups -OCH3 is 1. The number of hydrogen-bond acceptors (Lipinski definition) is 8. The maximum atomic E-state index is 5.45. The first kappa shape index (κ1) is 16.7.